The Morgan fingerprint density at radius 3 is 2.04 bits per heavy atom. The number of unbranched alkanes of at least 4 members (excludes halogenated alkanes) is 2. The van der Waals surface area contributed by atoms with Crippen molar-refractivity contribution >= 4 is 0 Å². The van der Waals surface area contributed by atoms with E-state index in [4.69, 9.17) is 0 Å². The van der Waals surface area contributed by atoms with Crippen molar-refractivity contribution in [3.05, 3.63) is 71.8 Å². The predicted octanol–water partition coefficient (Wildman–Crippen LogP) is 5.82. The summed E-state index contributed by atoms with van der Waals surface area (Å²) in [7, 11) is 2.00. The molecule has 1 N–H and O–H groups in total. The number of benzene rings is 2. The minimum Gasteiger partial charge on any atom is -0.320 e. The monoisotopic (exact) mass is 311 g/mol. The predicted molar refractivity (Wildman–Crippen MR) is 103 cm³/mol. The molecule has 2 rings (SSSR count). The van der Waals surface area contributed by atoms with Crippen molar-refractivity contribution < 1.29 is 0 Å². The van der Waals surface area contributed by atoms with Crippen LogP contribution in [0.4, 0.5) is 0 Å². The van der Waals surface area contributed by atoms with Crippen molar-refractivity contribution in [3.63, 3.8) is 0 Å². The van der Waals surface area contributed by atoms with E-state index in [-0.39, 0.29) is 0 Å². The molecule has 0 aliphatic heterocycles. The van der Waals surface area contributed by atoms with Gasteiger partial charge in [0.2, 0.25) is 0 Å². The second-order valence-corrected chi connectivity index (χ2v) is 6.15. The molecule has 0 saturated carbocycles. The van der Waals surface area contributed by atoms with E-state index < -0.39 is 0 Å². The number of hydrogen-bond acceptors (Lipinski definition) is 1. The molecule has 1 unspecified atom stereocenters. The van der Waals surface area contributed by atoms with Crippen LogP contribution in [0.5, 0.6) is 0 Å². The van der Waals surface area contributed by atoms with Crippen molar-refractivity contribution in [3.8, 4) is 0 Å². The maximum Gasteiger partial charge on any atom is -0.00462 e. The van der Waals surface area contributed by atoms with Gasteiger partial charge in [-0.15, -0.1) is 0 Å². The fourth-order valence-electron chi connectivity index (χ4n) is 2.53. The second kappa shape index (κ2) is 12.9. The molecule has 1 nitrogen and oxygen atoms in total. The Bertz CT molecular complexity index is 478. The zero-order valence-corrected chi connectivity index (χ0v) is 15.1. The van der Waals surface area contributed by atoms with Crippen molar-refractivity contribution in [2.24, 2.45) is 0 Å². The van der Waals surface area contributed by atoms with Gasteiger partial charge in [-0.3, -0.25) is 0 Å². The summed E-state index contributed by atoms with van der Waals surface area (Å²) < 4.78 is 0. The molecule has 0 radical (unpaired) electrons. The largest absolute Gasteiger partial charge is 0.320 e. The van der Waals surface area contributed by atoms with Crippen LogP contribution in [-0.2, 0) is 6.42 Å². The molecule has 0 amide bonds. The molecule has 23 heavy (non-hydrogen) atoms. The molecule has 0 spiro atoms. The zero-order valence-electron chi connectivity index (χ0n) is 15.1. The van der Waals surface area contributed by atoms with Gasteiger partial charge in [-0.25, -0.2) is 0 Å². The average molecular weight is 312 g/mol. The van der Waals surface area contributed by atoms with E-state index in [1.165, 1.54) is 43.2 Å². The summed E-state index contributed by atoms with van der Waals surface area (Å²) in [5.41, 5.74) is 2.91. The van der Waals surface area contributed by atoms with Gasteiger partial charge in [0.05, 0.1) is 0 Å². The third-order valence-corrected chi connectivity index (χ3v) is 4.11. The van der Waals surface area contributed by atoms with Crippen molar-refractivity contribution in [1.82, 2.24) is 5.32 Å². The highest BCUT2D eigenvalue weighted by molar-refractivity contribution is 5.18. The third-order valence-electron chi connectivity index (χ3n) is 4.11. The minimum atomic E-state index is 0.665. The molecule has 0 aromatic heterocycles. The summed E-state index contributed by atoms with van der Waals surface area (Å²) in [6, 6.07) is 21.4. The van der Waals surface area contributed by atoms with Crippen LogP contribution in [-0.4, -0.2) is 13.6 Å². The Labute approximate surface area is 143 Å². The number of hydrogen-bond donors (Lipinski definition) is 1. The highest BCUT2D eigenvalue weighted by Gasteiger charge is 2.02. The summed E-state index contributed by atoms with van der Waals surface area (Å²) in [4.78, 5) is 0. The molecular weight excluding hydrogens is 278 g/mol. The second-order valence-electron chi connectivity index (χ2n) is 6.15. The maximum absolute atomic E-state index is 3.17. The van der Waals surface area contributed by atoms with E-state index in [9.17, 15) is 0 Å². The smallest absolute Gasteiger partial charge is 0.00462 e. The molecule has 126 valence electrons. The van der Waals surface area contributed by atoms with Crippen LogP contribution in [0.1, 0.15) is 56.6 Å². The molecule has 2 aromatic carbocycles. The zero-order chi connectivity index (χ0) is 16.8. The first kappa shape index (κ1) is 19.4. The van der Waals surface area contributed by atoms with Crippen molar-refractivity contribution in [2.75, 3.05) is 13.6 Å². The highest BCUT2D eigenvalue weighted by atomic mass is 14.8. The topological polar surface area (TPSA) is 12.0 Å². The first-order chi connectivity index (χ1) is 11.3. The van der Waals surface area contributed by atoms with Crippen LogP contribution in [0.25, 0.3) is 0 Å². The Balaban J connectivity index is 0.000000231. The Hall–Kier alpha value is -1.60. The van der Waals surface area contributed by atoms with E-state index in [1.54, 1.807) is 0 Å². The lowest BCUT2D eigenvalue weighted by molar-refractivity contribution is 0.636. The lowest BCUT2D eigenvalue weighted by atomic mass is 9.98. The molecule has 1 atom stereocenters. The standard InChI is InChI=1S/C11H17N.C11H16/c1-10(8-9-12-2)11-6-4-3-5-7-11;1-2-3-5-8-11-9-6-4-7-10-11/h3-7,10,12H,8-9H2,1-2H3;4,6-7,9-10H,2-3,5,8H2,1H3. The van der Waals surface area contributed by atoms with Crippen molar-refractivity contribution in [2.45, 2.75) is 51.9 Å². The molecule has 0 fully saturated rings. The normalized spacial score (nSPS) is 11.4. The van der Waals surface area contributed by atoms with Gasteiger partial charge in [0, 0.05) is 0 Å². The van der Waals surface area contributed by atoms with Gasteiger partial charge in [0.1, 0.15) is 0 Å². The summed E-state index contributed by atoms with van der Waals surface area (Å²) in [5.74, 6) is 0.665. The summed E-state index contributed by atoms with van der Waals surface area (Å²) >= 11 is 0. The minimum absolute atomic E-state index is 0.665. The molecular formula is C22H33N. The molecule has 2 aromatic rings. The van der Waals surface area contributed by atoms with Gasteiger partial charge in [0.25, 0.3) is 0 Å². The Morgan fingerprint density at radius 1 is 0.870 bits per heavy atom. The average Bonchev–Trinajstić information content (AvgIpc) is 2.62. The molecule has 0 aliphatic carbocycles. The molecule has 1 heteroatoms. The first-order valence-electron chi connectivity index (χ1n) is 9.01. The van der Waals surface area contributed by atoms with Gasteiger partial charge < -0.3 is 5.32 Å². The Morgan fingerprint density at radius 2 is 1.48 bits per heavy atom. The van der Waals surface area contributed by atoms with Crippen LogP contribution in [0, 0.1) is 0 Å². The maximum atomic E-state index is 3.17. The summed E-state index contributed by atoms with van der Waals surface area (Å²) in [6.07, 6.45) is 6.46. The van der Waals surface area contributed by atoms with Crippen LogP contribution in [0.3, 0.4) is 0 Å². The number of nitrogens with one attached hydrogen (secondary N) is 1. The van der Waals surface area contributed by atoms with E-state index in [0.29, 0.717) is 5.92 Å². The van der Waals surface area contributed by atoms with E-state index >= 15 is 0 Å². The molecule has 0 aliphatic rings. The van der Waals surface area contributed by atoms with Gasteiger partial charge in [-0.05, 0) is 49.9 Å². The number of rotatable bonds is 8. The fraction of sp³-hybridized carbons (Fsp3) is 0.455. The summed E-state index contributed by atoms with van der Waals surface area (Å²) in [6.45, 7) is 5.60. The van der Waals surface area contributed by atoms with Crippen LogP contribution in [0.2, 0.25) is 0 Å². The van der Waals surface area contributed by atoms with Crippen LogP contribution >= 0.6 is 0 Å². The van der Waals surface area contributed by atoms with E-state index in [2.05, 4.69) is 79.8 Å². The quantitative estimate of drug-likeness (QED) is 0.606. The lowest BCUT2D eigenvalue weighted by Crippen LogP contribution is -2.10. The van der Waals surface area contributed by atoms with E-state index in [1.807, 2.05) is 7.05 Å². The molecule has 0 saturated heterocycles. The third kappa shape index (κ3) is 9.20. The van der Waals surface area contributed by atoms with Gasteiger partial charge in [0.15, 0.2) is 0 Å². The SMILES string of the molecule is CCCCCc1ccccc1.CNCCC(C)c1ccccc1. The first-order valence-corrected chi connectivity index (χ1v) is 9.01. The molecule has 0 bridgehead atoms. The van der Waals surface area contributed by atoms with Crippen LogP contribution in [0.15, 0.2) is 60.7 Å². The summed E-state index contributed by atoms with van der Waals surface area (Å²) in [5, 5.41) is 3.17. The molecule has 0 heterocycles. The Kier molecular flexibility index (Phi) is 10.9. The number of aryl methyl sites for hydroxylation is 1. The van der Waals surface area contributed by atoms with Gasteiger partial charge in [-0.1, -0.05) is 87.4 Å². The van der Waals surface area contributed by atoms with E-state index in [0.717, 1.165) is 6.54 Å². The van der Waals surface area contributed by atoms with Crippen molar-refractivity contribution in [1.29, 1.82) is 0 Å². The lowest BCUT2D eigenvalue weighted by Gasteiger charge is -2.10. The van der Waals surface area contributed by atoms with Gasteiger partial charge in [-0.2, -0.15) is 0 Å². The van der Waals surface area contributed by atoms with Crippen LogP contribution < -0.4 is 5.32 Å². The fourth-order valence-corrected chi connectivity index (χ4v) is 2.53. The highest BCUT2D eigenvalue weighted by Crippen LogP contribution is 2.17. The van der Waals surface area contributed by atoms with Gasteiger partial charge >= 0.3 is 0 Å².